The van der Waals surface area contributed by atoms with Gasteiger partial charge >= 0.3 is 0 Å². The molecule has 2 aromatic carbocycles. The second kappa shape index (κ2) is 9.97. The lowest BCUT2D eigenvalue weighted by molar-refractivity contribution is -0.141. The molecule has 0 unspecified atom stereocenters. The van der Waals surface area contributed by atoms with E-state index >= 15 is 0 Å². The molecule has 0 saturated heterocycles. The highest BCUT2D eigenvalue weighted by Crippen LogP contribution is 2.16. The van der Waals surface area contributed by atoms with Crippen molar-refractivity contribution in [2.45, 2.75) is 52.2 Å². The number of carbonyl (C=O) groups excluding carboxylic acids is 2. The molecule has 0 heterocycles. The summed E-state index contributed by atoms with van der Waals surface area (Å²) >= 11 is 0. The molecule has 0 saturated carbocycles. The summed E-state index contributed by atoms with van der Waals surface area (Å²) in [6.07, 6.45) is 0.252. The highest BCUT2D eigenvalue weighted by atomic mass is 19.1. The van der Waals surface area contributed by atoms with Crippen LogP contribution >= 0.6 is 0 Å². The van der Waals surface area contributed by atoms with Crippen LogP contribution in [-0.4, -0.2) is 28.8 Å². The second-order valence-electron chi connectivity index (χ2n) is 7.00. The van der Waals surface area contributed by atoms with Crippen molar-refractivity contribution in [3.8, 4) is 0 Å². The topological polar surface area (TPSA) is 49.4 Å². The monoisotopic (exact) mass is 388 g/mol. The summed E-state index contributed by atoms with van der Waals surface area (Å²) in [5.74, 6) is -1.46. The molecule has 1 atom stereocenters. The number of halogens is 2. The Bertz CT molecular complexity index is 806. The van der Waals surface area contributed by atoms with Gasteiger partial charge in [-0.05, 0) is 49.6 Å². The van der Waals surface area contributed by atoms with Crippen molar-refractivity contribution in [3.05, 3.63) is 71.3 Å². The van der Waals surface area contributed by atoms with Gasteiger partial charge in [0.2, 0.25) is 11.8 Å². The second-order valence-corrected chi connectivity index (χ2v) is 7.00. The van der Waals surface area contributed by atoms with Crippen LogP contribution < -0.4 is 5.32 Å². The van der Waals surface area contributed by atoms with Gasteiger partial charge in [-0.3, -0.25) is 9.59 Å². The van der Waals surface area contributed by atoms with E-state index in [1.807, 2.05) is 20.8 Å². The first-order valence-corrected chi connectivity index (χ1v) is 9.39. The minimum atomic E-state index is -0.702. The van der Waals surface area contributed by atoms with E-state index in [-0.39, 0.29) is 42.2 Å². The van der Waals surface area contributed by atoms with Gasteiger partial charge in [-0.1, -0.05) is 37.3 Å². The minimum absolute atomic E-state index is 0.0732. The molecule has 2 amide bonds. The Kier molecular flexibility index (Phi) is 7.67. The molecule has 28 heavy (non-hydrogen) atoms. The number of hydrogen-bond donors (Lipinski definition) is 1. The van der Waals surface area contributed by atoms with Gasteiger partial charge in [0.1, 0.15) is 17.7 Å². The van der Waals surface area contributed by atoms with E-state index in [2.05, 4.69) is 5.32 Å². The molecule has 1 N–H and O–H groups in total. The predicted molar refractivity (Wildman–Crippen MR) is 104 cm³/mol. The number of benzene rings is 2. The Labute approximate surface area is 164 Å². The molecule has 0 fully saturated rings. The fraction of sp³-hybridized carbons (Fsp3) is 0.364. The zero-order valence-electron chi connectivity index (χ0n) is 16.4. The lowest BCUT2D eigenvalue weighted by Crippen LogP contribution is -2.50. The van der Waals surface area contributed by atoms with Crippen LogP contribution in [0.1, 0.15) is 38.3 Å². The molecular weight excluding hydrogens is 362 g/mol. The largest absolute Gasteiger partial charge is 0.352 e. The number of nitrogens with zero attached hydrogens (tertiary/aromatic N) is 1. The highest BCUT2D eigenvalue weighted by Gasteiger charge is 2.29. The molecule has 0 aliphatic heterocycles. The van der Waals surface area contributed by atoms with E-state index in [0.29, 0.717) is 12.0 Å². The van der Waals surface area contributed by atoms with E-state index in [0.717, 1.165) is 0 Å². The Hall–Kier alpha value is -2.76. The van der Waals surface area contributed by atoms with Crippen LogP contribution in [0, 0.1) is 11.6 Å². The van der Waals surface area contributed by atoms with Crippen molar-refractivity contribution in [2.24, 2.45) is 0 Å². The lowest BCUT2D eigenvalue weighted by Gasteiger charge is -2.31. The van der Waals surface area contributed by atoms with Crippen LogP contribution in [0.25, 0.3) is 0 Å². The Morgan fingerprint density at radius 2 is 1.68 bits per heavy atom. The summed E-state index contributed by atoms with van der Waals surface area (Å²) in [7, 11) is 0. The van der Waals surface area contributed by atoms with Crippen LogP contribution in [0.15, 0.2) is 48.5 Å². The van der Waals surface area contributed by atoms with Gasteiger partial charge in [-0.25, -0.2) is 8.78 Å². The molecule has 150 valence electrons. The molecule has 0 bridgehead atoms. The Morgan fingerprint density at radius 3 is 2.25 bits per heavy atom. The molecule has 0 spiro atoms. The van der Waals surface area contributed by atoms with Gasteiger partial charge in [-0.15, -0.1) is 0 Å². The van der Waals surface area contributed by atoms with Crippen LogP contribution in [0.3, 0.4) is 0 Å². The van der Waals surface area contributed by atoms with E-state index < -0.39 is 11.9 Å². The van der Waals surface area contributed by atoms with E-state index in [1.165, 1.54) is 23.1 Å². The number of nitrogens with one attached hydrogen (secondary N) is 1. The van der Waals surface area contributed by atoms with Gasteiger partial charge in [0, 0.05) is 12.6 Å². The van der Waals surface area contributed by atoms with Crippen molar-refractivity contribution in [2.75, 3.05) is 0 Å². The molecule has 6 heteroatoms. The van der Waals surface area contributed by atoms with Crippen LogP contribution in [-0.2, 0) is 22.6 Å². The third-order valence-corrected chi connectivity index (χ3v) is 4.38. The number of amides is 2. The summed E-state index contributed by atoms with van der Waals surface area (Å²) in [6.45, 7) is 5.64. The molecular formula is C22H26F2N2O2. The Morgan fingerprint density at radius 1 is 1.04 bits per heavy atom. The van der Waals surface area contributed by atoms with E-state index in [1.54, 1.807) is 30.3 Å². The van der Waals surface area contributed by atoms with Gasteiger partial charge in [0.15, 0.2) is 0 Å². The fourth-order valence-corrected chi connectivity index (χ4v) is 2.99. The number of rotatable bonds is 8. The maximum atomic E-state index is 14.0. The van der Waals surface area contributed by atoms with Crippen molar-refractivity contribution in [1.82, 2.24) is 10.2 Å². The smallest absolute Gasteiger partial charge is 0.243 e. The third-order valence-electron chi connectivity index (χ3n) is 4.38. The minimum Gasteiger partial charge on any atom is -0.352 e. The maximum Gasteiger partial charge on any atom is 0.243 e. The van der Waals surface area contributed by atoms with Gasteiger partial charge in [0.05, 0.1) is 6.42 Å². The van der Waals surface area contributed by atoms with Crippen molar-refractivity contribution < 1.29 is 18.4 Å². The van der Waals surface area contributed by atoms with Crippen LogP contribution in [0.4, 0.5) is 8.78 Å². The molecule has 2 aromatic rings. The highest BCUT2D eigenvalue weighted by molar-refractivity contribution is 5.88. The standard InChI is InChI=1S/C22H26F2N2O2/c1-4-20(22(28)25-15(2)3)26(14-16-9-11-18(23)12-10-16)21(27)13-17-7-5-6-8-19(17)24/h5-12,15,20H,4,13-14H2,1-3H3,(H,25,28)/t20-/m0/s1. The normalized spacial score (nSPS) is 11.9. The lowest BCUT2D eigenvalue weighted by atomic mass is 10.1. The molecule has 0 radical (unpaired) electrons. The van der Waals surface area contributed by atoms with E-state index in [4.69, 9.17) is 0 Å². The molecule has 2 rings (SSSR count). The summed E-state index contributed by atoms with van der Waals surface area (Å²) < 4.78 is 27.2. The van der Waals surface area contributed by atoms with Crippen LogP contribution in [0.5, 0.6) is 0 Å². The molecule has 0 aliphatic rings. The summed E-state index contributed by atoms with van der Waals surface area (Å²) in [4.78, 5) is 27.1. The molecule has 0 aliphatic carbocycles. The first-order chi connectivity index (χ1) is 13.3. The quantitative estimate of drug-likeness (QED) is 0.747. The molecule has 0 aromatic heterocycles. The summed E-state index contributed by atoms with van der Waals surface area (Å²) in [5, 5.41) is 2.83. The summed E-state index contributed by atoms with van der Waals surface area (Å²) in [6, 6.07) is 11.1. The fourth-order valence-electron chi connectivity index (χ4n) is 2.99. The first-order valence-electron chi connectivity index (χ1n) is 9.39. The number of carbonyl (C=O) groups is 2. The maximum absolute atomic E-state index is 14.0. The van der Waals surface area contributed by atoms with Gasteiger partial charge < -0.3 is 10.2 Å². The zero-order valence-corrected chi connectivity index (χ0v) is 16.4. The molecule has 4 nitrogen and oxygen atoms in total. The van der Waals surface area contributed by atoms with Gasteiger partial charge in [-0.2, -0.15) is 0 Å². The first kappa shape index (κ1) is 21.5. The van der Waals surface area contributed by atoms with Crippen molar-refractivity contribution >= 4 is 11.8 Å². The summed E-state index contributed by atoms with van der Waals surface area (Å²) in [5.41, 5.74) is 0.967. The predicted octanol–water partition coefficient (Wildman–Crippen LogP) is 3.84. The van der Waals surface area contributed by atoms with Crippen molar-refractivity contribution in [1.29, 1.82) is 0 Å². The average molecular weight is 388 g/mol. The SMILES string of the molecule is CC[C@@H](C(=O)NC(C)C)N(Cc1ccc(F)cc1)C(=O)Cc1ccccc1F. The zero-order chi connectivity index (χ0) is 20.7. The average Bonchev–Trinajstić information content (AvgIpc) is 2.64. The Balaban J connectivity index is 2.30. The number of hydrogen-bond acceptors (Lipinski definition) is 2. The third kappa shape index (κ3) is 5.87. The van der Waals surface area contributed by atoms with Crippen LogP contribution in [0.2, 0.25) is 0 Å². The van der Waals surface area contributed by atoms with Gasteiger partial charge in [0.25, 0.3) is 0 Å². The van der Waals surface area contributed by atoms with E-state index in [9.17, 15) is 18.4 Å². The van der Waals surface area contributed by atoms with Crippen molar-refractivity contribution in [3.63, 3.8) is 0 Å².